The molecule has 30 heavy (non-hydrogen) atoms. The topological polar surface area (TPSA) is 89.3 Å². The summed E-state index contributed by atoms with van der Waals surface area (Å²) < 4.78 is 6.79. The standard InChI is InChI=1S/C22H27N5O3/c1-6-27(14(2)3)18-9-7-17(8-10-18)24-20(28)13-30-22(29)16-11-19-15(4)25-26(5)21(19)23-12-16/h7-12,14H,6,13H2,1-5H3,(H,24,28). The zero-order valence-electron chi connectivity index (χ0n) is 18.0. The summed E-state index contributed by atoms with van der Waals surface area (Å²) in [5.41, 5.74) is 3.47. The third-order valence-electron chi connectivity index (χ3n) is 4.88. The molecule has 0 saturated carbocycles. The Kier molecular flexibility index (Phi) is 6.34. The van der Waals surface area contributed by atoms with Gasteiger partial charge in [-0.15, -0.1) is 0 Å². The summed E-state index contributed by atoms with van der Waals surface area (Å²) in [4.78, 5) is 31.0. The minimum Gasteiger partial charge on any atom is -0.452 e. The van der Waals surface area contributed by atoms with E-state index in [1.807, 2.05) is 31.2 Å². The molecular formula is C22H27N5O3. The summed E-state index contributed by atoms with van der Waals surface area (Å²) in [6.45, 7) is 8.74. The van der Waals surface area contributed by atoms with Gasteiger partial charge in [-0.25, -0.2) is 9.78 Å². The molecule has 1 aromatic carbocycles. The predicted molar refractivity (Wildman–Crippen MR) is 117 cm³/mol. The van der Waals surface area contributed by atoms with E-state index in [4.69, 9.17) is 4.74 Å². The van der Waals surface area contributed by atoms with E-state index in [-0.39, 0.29) is 12.2 Å². The van der Waals surface area contributed by atoms with Gasteiger partial charge in [0.2, 0.25) is 0 Å². The lowest BCUT2D eigenvalue weighted by atomic mass is 10.2. The van der Waals surface area contributed by atoms with Crippen LogP contribution in [0.3, 0.4) is 0 Å². The van der Waals surface area contributed by atoms with E-state index >= 15 is 0 Å². The number of hydrogen-bond donors (Lipinski definition) is 1. The molecule has 2 aromatic heterocycles. The second-order valence-corrected chi connectivity index (χ2v) is 7.36. The number of nitrogens with one attached hydrogen (secondary N) is 1. The molecule has 8 nitrogen and oxygen atoms in total. The van der Waals surface area contributed by atoms with Crippen molar-refractivity contribution in [1.29, 1.82) is 0 Å². The number of fused-ring (bicyclic) bond motifs is 1. The van der Waals surface area contributed by atoms with E-state index in [1.54, 1.807) is 17.8 Å². The highest BCUT2D eigenvalue weighted by Gasteiger charge is 2.15. The molecule has 0 unspecified atom stereocenters. The van der Waals surface area contributed by atoms with Gasteiger partial charge in [0, 0.05) is 42.6 Å². The number of hydrogen-bond acceptors (Lipinski definition) is 6. The van der Waals surface area contributed by atoms with Gasteiger partial charge in [0.15, 0.2) is 12.3 Å². The van der Waals surface area contributed by atoms with Crippen LogP contribution >= 0.6 is 0 Å². The van der Waals surface area contributed by atoms with Gasteiger partial charge < -0.3 is 15.0 Å². The first-order valence-electron chi connectivity index (χ1n) is 9.93. The molecule has 2 heterocycles. The number of rotatable bonds is 7. The summed E-state index contributed by atoms with van der Waals surface area (Å²) in [7, 11) is 1.79. The van der Waals surface area contributed by atoms with Crippen LogP contribution in [0.5, 0.6) is 0 Å². The Morgan fingerprint density at radius 3 is 2.57 bits per heavy atom. The van der Waals surface area contributed by atoms with Crippen molar-refractivity contribution >= 4 is 34.3 Å². The molecule has 0 bridgehead atoms. The molecule has 1 amide bonds. The molecule has 0 spiro atoms. The molecule has 158 valence electrons. The zero-order valence-corrected chi connectivity index (χ0v) is 18.0. The number of anilines is 2. The summed E-state index contributed by atoms with van der Waals surface area (Å²) in [6, 6.07) is 9.66. The Morgan fingerprint density at radius 2 is 1.93 bits per heavy atom. The second kappa shape index (κ2) is 8.94. The van der Waals surface area contributed by atoms with E-state index in [9.17, 15) is 9.59 Å². The Bertz CT molecular complexity index is 1060. The molecule has 3 rings (SSSR count). The molecule has 0 aliphatic rings. The van der Waals surface area contributed by atoms with E-state index in [0.29, 0.717) is 17.4 Å². The number of amides is 1. The number of ether oxygens (including phenoxy) is 1. The van der Waals surface area contributed by atoms with Gasteiger partial charge in [-0.05, 0) is 58.0 Å². The van der Waals surface area contributed by atoms with Gasteiger partial charge in [0.1, 0.15) is 0 Å². The quantitative estimate of drug-likeness (QED) is 0.602. The lowest BCUT2D eigenvalue weighted by molar-refractivity contribution is -0.119. The number of aromatic nitrogens is 3. The third-order valence-corrected chi connectivity index (χ3v) is 4.88. The highest BCUT2D eigenvalue weighted by atomic mass is 16.5. The van der Waals surface area contributed by atoms with E-state index in [2.05, 4.69) is 41.1 Å². The first-order chi connectivity index (χ1) is 14.3. The predicted octanol–water partition coefficient (Wildman–Crippen LogP) is 3.31. The molecule has 3 aromatic rings. The first kappa shape index (κ1) is 21.3. The SMILES string of the molecule is CCN(c1ccc(NC(=O)COC(=O)c2cnc3c(c2)c(C)nn3C)cc1)C(C)C. The smallest absolute Gasteiger partial charge is 0.340 e. The fourth-order valence-corrected chi connectivity index (χ4v) is 3.41. The Labute approximate surface area is 175 Å². The van der Waals surface area contributed by atoms with Crippen LogP contribution < -0.4 is 10.2 Å². The molecule has 0 radical (unpaired) electrons. The summed E-state index contributed by atoms with van der Waals surface area (Å²) in [5.74, 6) is -1.01. The average molecular weight is 409 g/mol. The van der Waals surface area contributed by atoms with Crippen LogP contribution in [0.2, 0.25) is 0 Å². The van der Waals surface area contributed by atoms with Gasteiger partial charge >= 0.3 is 5.97 Å². The summed E-state index contributed by atoms with van der Waals surface area (Å²) in [6.07, 6.45) is 1.43. The third kappa shape index (κ3) is 4.59. The number of carbonyl (C=O) groups is 2. The van der Waals surface area contributed by atoms with Gasteiger partial charge in [0.05, 0.1) is 11.3 Å². The highest BCUT2D eigenvalue weighted by Crippen LogP contribution is 2.20. The largest absolute Gasteiger partial charge is 0.452 e. The average Bonchev–Trinajstić information content (AvgIpc) is 3.01. The lowest BCUT2D eigenvalue weighted by Crippen LogP contribution is -2.30. The van der Waals surface area contributed by atoms with Crippen LogP contribution in [0.15, 0.2) is 36.5 Å². The maximum absolute atomic E-state index is 12.3. The normalized spacial score (nSPS) is 11.0. The Hall–Kier alpha value is -3.42. The van der Waals surface area contributed by atoms with Gasteiger partial charge in [-0.1, -0.05) is 0 Å². The van der Waals surface area contributed by atoms with Crippen molar-refractivity contribution in [1.82, 2.24) is 14.8 Å². The molecule has 0 fully saturated rings. The molecule has 0 saturated heterocycles. The number of carbonyl (C=O) groups excluding carboxylic acids is 2. The first-order valence-corrected chi connectivity index (χ1v) is 9.93. The molecule has 1 N–H and O–H groups in total. The maximum atomic E-state index is 12.3. The minimum atomic E-state index is -0.603. The van der Waals surface area contributed by atoms with Crippen molar-refractivity contribution in [3.8, 4) is 0 Å². The second-order valence-electron chi connectivity index (χ2n) is 7.36. The Morgan fingerprint density at radius 1 is 1.23 bits per heavy atom. The van der Waals surface area contributed by atoms with Crippen molar-refractivity contribution in [3.63, 3.8) is 0 Å². The number of aryl methyl sites for hydroxylation is 2. The van der Waals surface area contributed by atoms with Crippen molar-refractivity contribution in [2.24, 2.45) is 7.05 Å². The minimum absolute atomic E-state index is 0.282. The van der Waals surface area contributed by atoms with Crippen LogP contribution in [0, 0.1) is 6.92 Å². The monoisotopic (exact) mass is 409 g/mol. The van der Waals surface area contributed by atoms with Crippen LogP contribution in [0.25, 0.3) is 11.0 Å². The fourth-order valence-electron chi connectivity index (χ4n) is 3.41. The molecule has 8 heteroatoms. The maximum Gasteiger partial charge on any atom is 0.340 e. The van der Waals surface area contributed by atoms with E-state index in [1.165, 1.54) is 6.20 Å². The number of esters is 1. The van der Waals surface area contributed by atoms with Gasteiger partial charge in [-0.3, -0.25) is 9.48 Å². The fraction of sp³-hybridized carbons (Fsp3) is 0.364. The number of benzene rings is 1. The van der Waals surface area contributed by atoms with Crippen molar-refractivity contribution < 1.29 is 14.3 Å². The van der Waals surface area contributed by atoms with Crippen molar-refractivity contribution in [2.45, 2.75) is 33.7 Å². The summed E-state index contributed by atoms with van der Waals surface area (Å²) in [5, 5.41) is 7.80. The van der Waals surface area contributed by atoms with E-state index in [0.717, 1.165) is 23.3 Å². The molecule has 0 aliphatic heterocycles. The molecule has 0 atom stereocenters. The van der Waals surface area contributed by atoms with Crippen LogP contribution in [0.1, 0.15) is 36.8 Å². The molecular weight excluding hydrogens is 382 g/mol. The van der Waals surface area contributed by atoms with Crippen LogP contribution in [-0.4, -0.2) is 45.8 Å². The highest BCUT2D eigenvalue weighted by molar-refractivity contribution is 5.97. The lowest BCUT2D eigenvalue weighted by Gasteiger charge is -2.27. The van der Waals surface area contributed by atoms with Gasteiger partial charge in [0.25, 0.3) is 5.91 Å². The van der Waals surface area contributed by atoms with Crippen molar-refractivity contribution in [3.05, 3.63) is 47.8 Å². The number of pyridine rings is 1. The van der Waals surface area contributed by atoms with Crippen LogP contribution in [0.4, 0.5) is 11.4 Å². The zero-order chi connectivity index (χ0) is 21.8. The number of nitrogens with zero attached hydrogens (tertiary/aromatic N) is 4. The van der Waals surface area contributed by atoms with Crippen molar-refractivity contribution in [2.75, 3.05) is 23.4 Å². The molecule has 0 aliphatic carbocycles. The van der Waals surface area contributed by atoms with Crippen LogP contribution in [-0.2, 0) is 16.6 Å². The van der Waals surface area contributed by atoms with Gasteiger partial charge in [-0.2, -0.15) is 5.10 Å². The Balaban J connectivity index is 1.58. The van der Waals surface area contributed by atoms with E-state index < -0.39 is 11.9 Å². The summed E-state index contributed by atoms with van der Waals surface area (Å²) >= 11 is 0.